The van der Waals surface area contributed by atoms with E-state index in [0.29, 0.717) is 5.88 Å². The standard InChI is InChI=1S/C13H18Cl2/c1-3-8-13(2,10-14)9-11-4-6-12(15)7-5-11/h4-7H,3,8-10H2,1-2H3. The van der Waals surface area contributed by atoms with E-state index in [-0.39, 0.29) is 5.41 Å². The van der Waals surface area contributed by atoms with Gasteiger partial charge >= 0.3 is 0 Å². The molecule has 0 bridgehead atoms. The minimum Gasteiger partial charge on any atom is -0.126 e. The van der Waals surface area contributed by atoms with Gasteiger partial charge in [-0.3, -0.25) is 0 Å². The van der Waals surface area contributed by atoms with Gasteiger partial charge in [-0.2, -0.15) is 0 Å². The van der Waals surface area contributed by atoms with E-state index in [2.05, 4.69) is 26.0 Å². The molecule has 84 valence electrons. The fraction of sp³-hybridized carbons (Fsp3) is 0.538. The topological polar surface area (TPSA) is 0 Å². The average molecular weight is 245 g/mol. The van der Waals surface area contributed by atoms with Crippen molar-refractivity contribution in [2.45, 2.75) is 33.1 Å². The normalized spacial score (nSPS) is 14.9. The zero-order valence-corrected chi connectivity index (χ0v) is 10.9. The van der Waals surface area contributed by atoms with E-state index in [1.54, 1.807) is 0 Å². The van der Waals surface area contributed by atoms with Crippen LogP contribution in [0.25, 0.3) is 0 Å². The average Bonchev–Trinajstić information content (AvgIpc) is 2.22. The Morgan fingerprint density at radius 1 is 1.20 bits per heavy atom. The van der Waals surface area contributed by atoms with E-state index in [0.717, 1.165) is 11.4 Å². The molecule has 0 amide bonds. The first-order chi connectivity index (χ1) is 7.09. The van der Waals surface area contributed by atoms with E-state index < -0.39 is 0 Å². The maximum atomic E-state index is 6.04. The fourth-order valence-electron chi connectivity index (χ4n) is 1.90. The van der Waals surface area contributed by atoms with Crippen molar-refractivity contribution in [1.29, 1.82) is 0 Å². The lowest BCUT2D eigenvalue weighted by Crippen LogP contribution is -2.21. The summed E-state index contributed by atoms with van der Waals surface area (Å²) in [4.78, 5) is 0. The van der Waals surface area contributed by atoms with Crippen LogP contribution in [0.3, 0.4) is 0 Å². The summed E-state index contributed by atoms with van der Waals surface area (Å²) in [5.41, 5.74) is 1.53. The van der Waals surface area contributed by atoms with Crippen molar-refractivity contribution in [3.8, 4) is 0 Å². The second-order valence-electron chi connectivity index (χ2n) is 4.50. The van der Waals surface area contributed by atoms with E-state index in [1.165, 1.54) is 18.4 Å². The summed E-state index contributed by atoms with van der Waals surface area (Å²) in [5.74, 6) is 0.712. The Morgan fingerprint density at radius 2 is 1.80 bits per heavy atom. The number of halogens is 2. The van der Waals surface area contributed by atoms with Crippen molar-refractivity contribution in [2.75, 3.05) is 5.88 Å². The molecule has 1 aromatic carbocycles. The molecule has 1 unspecified atom stereocenters. The van der Waals surface area contributed by atoms with E-state index in [4.69, 9.17) is 23.2 Å². The predicted molar refractivity (Wildman–Crippen MR) is 68.9 cm³/mol. The van der Waals surface area contributed by atoms with Crippen LogP contribution in [0.15, 0.2) is 24.3 Å². The second-order valence-corrected chi connectivity index (χ2v) is 5.20. The molecular weight excluding hydrogens is 227 g/mol. The number of rotatable bonds is 5. The van der Waals surface area contributed by atoms with Gasteiger partial charge in [0.1, 0.15) is 0 Å². The molecule has 0 aliphatic carbocycles. The molecule has 0 aliphatic heterocycles. The van der Waals surface area contributed by atoms with Crippen LogP contribution in [0.5, 0.6) is 0 Å². The summed E-state index contributed by atoms with van der Waals surface area (Å²) < 4.78 is 0. The van der Waals surface area contributed by atoms with Gasteiger partial charge in [-0.25, -0.2) is 0 Å². The highest BCUT2D eigenvalue weighted by Gasteiger charge is 2.22. The van der Waals surface area contributed by atoms with Gasteiger partial charge in [0.25, 0.3) is 0 Å². The van der Waals surface area contributed by atoms with Crippen LogP contribution in [-0.4, -0.2) is 5.88 Å². The first-order valence-corrected chi connectivity index (χ1v) is 6.31. The third kappa shape index (κ3) is 4.04. The highest BCUT2D eigenvalue weighted by atomic mass is 35.5. The van der Waals surface area contributed by atoms with Gasteiger partial charge in [-0.15, -0.1) is 11.6 Å². The first-order valence-electron chi connectivity index (χ1n) is 5.40. The van der Waals surface area contributed by atoms with Crippen molar-refractivity contribution < 1.29 is 0 Å². The molecule has 0 nitrogen and oxygen atoms in total. The van der Waals surface area contributed by atoms with Crippen molar-refractivity contribution in [3.63, 3.8) is 0 Å². The molecule has 0 saturated heterocycles. The summed E-state index contributed by atoms with van der Waals surface area (Å²) in [6.45, 7) is 4.45. The molecule has 0 N–H and O–H groups in total. The molecule has 1 atom stereocenters. The van der Waals surface area contributed by atoms with Gasteiger partial charge < -0.3 is 0 Å². The van der Waals surface area contributed by atoms with Crippen LogP contribution in [-0.2, 0) is 6.42 Å². The summed E-state index contributed by atoms with van der Waals surface area (Å²) >= 11 is 11.9. The van der Waals surface area contributed by atoms with Gasteiger partial charge in [-0.05, 0) is 36.0 Å². The fourth-order valence-corrected chi connectivity index (χ4v) is 2.26. The zero-order chi connectivity index (χ0) is 11.3. The molecular formula is C13H18Cl2. The molecule has 0 spiro atoms. The molecule has 1 rings (SSSR count). The molecule has 0 fully saturated rings. The highest BCUT2D eigenvalue weighted by Crippen LogP contribution is 2.29. The highest BCUT2D eigenvalue weighted by molar-refractivity contribution is 6.30. The number of hydrogen-bond acceptors (Lipinski definition) is 0. The van der Waals surface area contributed by atoms with Crippen molar-refractivity contribution in [3.05, 3.63) is 34.9 Å². The number of benzene rings is 1. The van der Waals surface area contributed by atoms with E-state index in [9.17, 15) is 0 Å². The van der Waals surface area contributed by atoms with Crippen LogP contribution in [0.4, 0.5) is 0 Å². The lowest BCUT2D eigenvalue weighted by Gasteiger charge is -2.26. The van der Waals surface area contributed by atoms with Crippen molar-refractivity contribution in [1.82, 2.24) is 0 Å². The van der Waals surface area contributed by atoms with Crippen LogP contribution in [0.2, 0.25) is 5.02 Å². The Kier molecular flexibility index (Phi) is 4.95. The third-order valence-corrected chi connectivity index (χ3v) is 3.62. The molecule has 0 radical (unpaired) electrons. The summed E-state index contributed by atoms with van der Waals surface area (Å²) in [5, 5.41) is 0.793. The summed E-state index contributed by atoms with van der Waals surface area (Å²) in [7, 11) is 0. The summed E-state index contributed by atoms with van der Waals surface area (Å²) in [6, 6.07) is 8.06. The Labute approximate surface area is 103 Å². The molecule has 0 heterocycles. The maximum absolute atomic E-state index is 6.04. The maximum Gasteiger partial charge on any atom is 0.0406 e. The van der Waals surface area contributed by atoms with Gasteiger partial charge in [0.05, 0.1) is 0 Å². The zero-order valence-electron chi connectivity index (χ0n) is 9.39. The molecule has 0 aromatic heterocycles. The predicted octanol–water partition coefficient (Wildman–Crippen LogP) is 4.93. The Bertz CT molecular complexity index is 292. The Hall–Kier alpha value is -0.200. The van der Waals surface area contributed by atoms with Gasteiger partial charge in [0.15, 0.2) is 0 Å². The number of alkyl halides is 1. The molecule has 0 saturated carbocycles. The SMILES string of the molecule is CCCC(C)(CCl)Cc1ccc(Cl)cc1. The molecule has 1 aromatic rings. The lowest BCUT2D eigenvalue weighted by molar-refractivity contribution is 0.335. The molecule has 0 aliphatic rings. The van der Waals surface area contributed by atoms with E-state index in [1.807, 2.05) is 12.1 Å². The molecule has 2 heteroatoms. The minimum absolute atomic E-state index is 0.212. The van der Waals surface area contributed by atoms with Crippen LogP contribution in [0.1, 0.15) is 32.3 Å². The third-order valence-electron chi connectivity index (χ3n) is 2.72. The lowest BCUT2D eigenvalue weighted by atomic mass is 9.81. The van der Waals surface area contributed by atoms with Crippen molar-refractivity contribution in [2.24, 2.45) is 5.41 Å². The monoisotopic (exact) mass is 244 g/mol. The van der Waals surface area contributed by atoms with Crippen LogP contribution >= 0.6 is 23.2 Å². The minimum atomic E-state index is 0.212. The van der Waals surface area contributed by atoms with Gasteiger partial charge in [-0.1, -0.05) is 44.0 Å². The smallest absolute Gasteiger partial charge is 0.0406 e. The van der Waals surface area contributed by atoms with Gasteiger partial charge in [0, 0.05) is 10.9 Å². The van der Waals surface area contributed by atoms with Gasteiger partial charge in [0.2, 0.25) is 0 Å². The van der Waals surface area contributed by atoms with Crippen LogP contribution in [0, 0.1) is 5.41 Å². The molecule has 15 heavy (non-hydrogen) atoms. The van der Waals surface area contributed by atoms with Crippen LogP contribution < -0.4 is 0 Å². The van der Waals surface area contributed by atoms with Crippen molar-refractivity contribution >= 4 is 23.2 Å². The summed E-state index contributed by atoms with van der Waals surface area (Å²) in [6.07, 6.45) is 3.37. The first kappa shape index (κ1) is 12.9. The Balaban J connectivity index is 2.70. The number of hydrogen-bond donors (Lipinski definition) is 0. The largest absolute Gasteiger partial charge is 0.126 e. The van der Waals surface area contributed by atoms with E-state index >= 15 is 0 Å². The Morgan fingerprint density at radius 3 is 2.27 bits per heavy atom. The second kappa shape index (κ2) is 5.77. The quantitative estimate of drug-likeness (QED) is 0.645.